The van der Waals surface area contributed by atoms with Crippen LogP contribution in [0.1, 0.15) is 24.2 Å². The Bertz CT molecular complexity index is 899. The molecule has 2 aromatic carbocycles. The van der Waals surface area contributed by atoms with E-state index in [2.05, 4.69) is 0 Å². The molecule has 0 saturated heterocycles. The fraction of sp³-hybridized carbons (Fsp3) is 0.300. The number of carbonyl (C=O) groups is 2. The van der Waals surface area contributed by atoms with E-state index in [4.69, 9.17) is 4.74 Å². The van der Waals surface area contributed by atoms with E-state index in [1.807, 2.05) is 48.5 Å². The number of fused-ring (bicyclic) bond motifs is 3. The molecule has 1 spiro atoms. The lowest BCUT2D eigenvalue weighted by atomic mass is 9.70. The summed E-state index contributed by atoms with van der Waals surface area (Å²) in [5.74, 6) is -0.768. The molecular formula is C20H19NO4S. The molecule has 2 heterocycles. The summed E-state index contributed by atoms with van der Waals surface area (Å²) in [5, 5.41) is 10.5. The predicted octanol–water partition coefficient (Wildman–Crippen LogP) is 2.67. The third-order valence-electron chi connectivity index (χ3n) is 5.17. The van der Waals surface area contributed by atoms with Gasteiger partial charge in [0.15, 0.2) is 0 Å². The van der Waals surface area contributed by atoms with Crippen molar-refractivity contribution in [2.45, 2.75) is 28.6 Å². The minimum absolute atomic E-state index is 0.218. The first kappa shape index (κ1) is 17.1. The molecule has 1 amide bonds. The highest BCUT2D eigenvalue weighted by Crippen LogP contribution is 2.58. The van der Waals surface area contributed by atoms with Gasteiger partial charge in [0.2, 0.25) is 5.91 Å². The average molecular weight is 369 g/mol. The van der Waals surface area contributed by atoms with Crippen LogP contribution in [0.15, 0.2) is 53.4 Å². The number of anilines is 1. The molecule has 0 bridgehead atoms. The van der Waals surface area contributed by atoms with Crippen molar-refractivity contribution in [1.82, 2.24) is 0 Å². The van der Waals surface area contributed by atoms with Crippen LogP contribution in [-0.2, 0) is 19.7 Å². The standard InChI is InChI=1S/C20H19NO4S/c1-3-25-18(23)17-20(16(22)12-8-4-7-11-15(12)26-17)13-9-5-6-10-14(13)21(2)19(20)24/h4-11,16-17,22H,3H2,1-2H3/t16-,17-,20+/m0/s1. The van der Waals surface area contributed by atoms with Crippen molar-refractivity contribution in [2.24, 2.45) is 0 Å². The number of thioether (sulfide) groups is 1. The Labute approximate surface area is 156 Å². The quantitative estimate of drug-likeness (QED) is 0.825. The lowest BCUT2D eigenvalue weighted by Crippen LogP contribution is -2.55. The summed E-state index contributed by atoms with van der Waals surface area (Å²) in [6, 6.07) is 14.7. The maximum absolute atomic E-state index is 13.4. The third kappa shape index (κ3) is 2.09. The molecule has 2 aromatic rings. The second-order valence-corrected chi connectivity index (χ2v) is 7.59. The van der Waals surface area contributed by atoms with E-state index in [0.29, 0.717) is 16.8 Å². The van der Waals surface area contributed by atoms with Crippen molar-refractivity contribution in [2.75, 3.05) is 18.6 Å². The predicted molar refractivity (Wildman–Crippen MR) is 99.2 cm³/mol. The number of ether oxygens (including phenoxy) is 1. The van der Waals surface area contributed by atoms with Gasteiger partial charge in [0.25, 0.3) is 0 Å². The largest absolute Gasteiger partial charge is 0.465 e. The maximum Gasteiger partial charge on any atom is 0.321 e. The number of esters is 1. The lowest BCUT2D eigenvalue weighted by molar-refractivity contribution is -0.148. The van der Waals surface area contributed by atoms with E-state index in [1.165, 1.54) is 16.7 Å². The Morgan fingerprint density at radius 2 is 1.92 bits per heavy atom. The van der Waals surface area contributed by atoms with Crippen LogP contribution in [0.25, 0.3) is 0 Å². The number of hydrogen-bond acceptors (Lipinski definition) is 5. The number of aliphatic hydroxyl groups is 1. The van der Waals surface area contributed by atoms with Gasteiger partial charge in [0.1, 0.15) is 16.8 Å². The molecule has 2 aliphatic heterocycles. The highest BCUT2D eigenvalue weighted by molar-refractivity contribution is 8.00. The number of nitrogens with zero attached hydrogens (tertiary/aromatic N) is 1. The van der Waals surface area contributed by atoms with E-state index < -0.39 is 22.7 Å². The van der Waals surface area contributed by atoms with Gasteiger partial charge in [-0.25, -0.2) is 0 Å². The van der Waals surface area contributed by atoms with Crippen LogP contribution in [0.5, 0.6) is 0 Å². The Morgan fingerprint density at radius 3 is 2.69 bits per heavy atom. The zero-order chi connectivity index (χ0) is 18.5. The number of aliphatic hydroxyl groups excluding tert-OH is 1. The number of carbonyl (C=O) groups excluding carboxylic acids is 2. The summed E-state index contributed by atoms with van der Waals surface area (Å²) < 4.78 is 5.29. The minimum Gasteiger partial charge on any atom is -0.465 e. The fourth-order valence-corrected chi connectivity index (χ4v) is 5.44. The summed E-state index contributed by atoms with van der Waals surface area (Å²) in [6.07, 6.45) is -1.13. The van der Waals surface area contributed by atoms with Crippen LogP contribution >= 0.6 is 11.8 Å². The highest BCUT2D eigenvalue weighted by Gasteiger charge is 2.64. The van der Waals surface area contributed by atoms with E-state index in [0.717, 1.165) is 4.90 Å². The average Bonchev–Trinajstić information content (AvgIpc) is 2.88. The van der Waals surface area contributed by atoms with Gasteiger partial charge < -0.3 is 14.7 Å². The van der Waals surface area contributed by atoms with Crippen LogP contribution < -0.4 is 4.90 Å². The zero-order valence-electron chi connectivity index (χ0n) is 14.5. The number of hydrogen-bond donors (Lipinski definition) is 1. The van der Waals surface area contributed by atoms with Crippen molar-refractivity contribution in [3.05, 3.63) is 59.7 Å². The van der Waals surface area contributed by atoms with Gasteiger partial charge in [-0.15, -0.1) is 11.8 Å². The van der Waals surface area contributed by atoms with E-state index in [-0.39, 0.29) is 12.5 Å². The molecular weight excluding hydrogens is 350 g/mol. The van der Waals surface area contributed by atoms with Crippen LogP contribution in [0.4, 0.5) is 5.69 Å². The van der Waals surface area contributed by atoms with Crippen molar-refractivity contribution in [1.29, 1.82) is 0 Å². The van der Waals surface area contributed by atoms with Crippen LogP contribution in [0.3, 0.4) is 0 Å². The van der Waals surface area contributed by atoms with Gasteiger partial charge in [-0.05, 0) is 30.2 Å². The molecule has 5 nitrogen and oxygen atoms in total. The Balaban J connectivity index is 2.00. The first-order chi connectivity index (χ1) is 12.5. The Hall–Kier alpha value is -2.31. The minimum atomic E-state index is -1.39. The molecule has 3 atom stereocenters. The summed E-state index contributed by atoms with van der Waals surface area (Å²) in [4.78, 5) is 28.6. The molecule has 0 radical (unpaired) electrons. The summed E-state index contributed by atoms with van der Waals surface area (Å²) >= 11 is 1.29. The first-order valence-electron chi connectivity index (χ1n) is 8.51. The molecule has 2 aliphatic rings. The van der Waals surface area contributed by atoms with E-state index >= 15 is 0 Å². The Kier molecular flexibility index (Phi) is 4.04. The molecule has 26 heavy (non-hydrogen) atoms. The molecule has 1 N–H and O–H groups in total. The van der Waals surface area contributed by atoms with Gasteiger partial charge >= 0.3 is 5.97 Å². The number of likely N-dealkylation sites (N-methyl/N-ethyl adjacent to an activating group) is 1. The summed E-state index contributed by atoms with van der Waals surface area (Å²) in [5.41, 5.74) is 0.652. The number of benzene rings is 2. The zero-order valence-corrected chi connectivity index (χ0v) is 15.3. The van der Waals surface area contributed by atoms with Gasteiger partial charge in [0, 0.05) is 17.6 Å². The number of amides is 1. The SMILES string of the molecule is CCOC(=O)[C@@H]1Sc2ccccc2[C@H](O)[C@@]12C(=O)N(C)c1ccccc12. The van der Waals surface area contributed by atoms with E-state index in [9.17, 15) is 14.7 Å². The van der Waals surface area contributed by atoms with Crippen LogP contribution in [0.2, 0.25) is 0 Å². The molecule has 0 aromatic heterocycles. The summed E-state index contributed by atoms with van der Waals surface area (Å²) in [6.45, 7) is 1.95. The highest BCUT2D eigenvalue weighted by atomic mass is 32.2. The molecule has 134 valence electrons. The molecule has 0 aliphatic carbocycles. The van der Waals surface area contributed by atoms with Crippen molar-refractivity contribution in [3.8, 4) is 0 Å². The third-order valence-corrected chi connectivity index (χ3v) is 6.60. The normalized spacial score (nSPS) is 26.6. The smallest absolute Gasteiger partial charge is 0.321 e. The summed E-state index contributed by atoms with van der Waals surface area (Å²) in [7, 11) is 1.68. The number of para-hydroxylation sites is 1. The van der Waals surface area contributed by atoms with Gasteiger partial charge in [-0.2, -0.15) is 0 Å². The first-order valence-corrected chi connectivity index (χ1v) is 9.39. The van der Waals surface area contributed by atoms with Crippen molar-refractivity contribution < 1.29 is 19.4 Å². The topological polar surface area (TPSA) is 66.8 Å². The second-order valence-electron chi connectivity index (χ2n) is 6.44. The maximum atomic E-state index is 13.4. The molecule has 0 saturated carbocycles. The van der Waals surface area contributed by atoms with Crippen molar-refractivity contribution in [3.63, 3.8) is 0 Å². The second kappa shape index (κ2) is 6.14. The molecule has 0 fully saturated rings. The van der Waals surface area contributed by atoms with Gasteiger partial charge in [-0.3, -0.25) is 9.59 Å². The number of rotatable bonds is 2. The lowest BCUT2D eigenvalue weighted by Gasteiger charge is -2.42. The molecule has 6 heteroatoms. The molecule has 4 rings (SSSR count). The Morgan fingerprint density at radius 1 is 1.23 bits per heavy atom. The van der Waals surface area contributed by atoms with Gasteiger partial charge in [0.05, 0.1) is 6.61 Å². The van der Waals surface area contributed by atoms with Crippen LogP contribution in [-0.4, -0.2) is 35.9 Å². The fourth-order valence-electron chi connectivity index (χ4n) is 4.01. The van der Waals surface area contributed by atoms with Gasteiger partial charge in [-0.1, -0.05) is 36.4 Å². The molecule has 0 unspecified atom stereocenters. The van der Waals surface area contributed by atoms with Crippen LogP contribution in [0, 0.1) is 0 Å². The monoisotopic (exact) mass is 369 g/mol. The van der Waals surface area contributed by atoms with E-state index in [1.54, 1.807) is 14.0 Å². The van der Waals surface area contributed by atoms with Crippen molar-refractivity contribution >= 4 is 29.3 Å².